The van der Waals surface area contributed by atoms with Gasteiger partial charge in [-0.05, 0) is 51.8 Å². The van der Waals surface area contributed by atoms with Gasteiger partial charge in [-0.1, -0.05) is 0 Å². The molecular weight excluding hydrogens is 449 g/mol. The predicted molar refractivity (Wildman–Crippen MR) is 127 cm³/mol. The van der Waals surface area contributed by atoms with Gasteiger partial charge in [0.15, 0.2) is 5.82 Å². The first-order chi connectivity index (χ1) is 16.6. The van der Waals surface area contributed by atoms with Crippen LogP contribution in [-0.4, -0.2) is 48.3 Å². The number of carbonyl (C=O) groups excluding carboxylic acids is 1. The molecule has 2 aromatic heterocycles. The summed E-state index contributed by atoms with van der Waals surface area (Å²) in [4.78, 5) is 16.1. The van der Waals surface area contributed by atoms with E-state index in [-0.39, 0.29) is 29.6 Å². The van der Waals surface area contributed by atoms with Crippen LogP contribution < -0.4 is 15.0 Å². The van der Waals surface area contributed by atoms with Crippen LogP contribution in [0.15, 0.2) is 24.3 Å². The summed E-state index contributed by atoms with van der Waals surface area (Å²) in [5.74, 6) is 0.0253. The number of ether oxygens (including phenoxy) is 1. The molecule has 9 nitrogen and oxygen atoms in total. The molecule has 182 valence electrons. The van der Waals surface area contributed by atoms with Gasteiger partial charge in [0.1, 0.15) is 17.6 Å². The SMILES string of the molecule is Cc1nn(C)nc1-c1cc(F)c2c(c1)C(=O)N(c1ccc(OC3CC4(C)CCC(C)(C3)N4)nn1)C2. The topological polar surface area (TPSA) is 98.1 Å². The number of amides is 1. The zero-order chi connectivity index (χ0) is 24.5. The van der Waals surface area contributed by atoms with Crippen LogP contribution in [0.5, 0.6) is 5.88 Å². The number of carbonyl (C=O) groups is 1. The lowest BCUT2D eigenvalue weighted by Gasteiger charge is -2.41. The third-order valence-electron chi connectivity index (χ3n) is 7.52. The Labute approximate surface area is 202 Å². The van der Waals surface area contributed by atoms with E-state index in [4.69, 9.17) is 4.74 Å². The molecule has 0 spiro atoms. The molecule has 1 aromatic carbocycles. The Hall–Kier alpha value is -3.40. The van der Waals surface area contributed by atoms with Crippen molar-refractivity contribution in [1.82, 2.24) is 30.5 Å². The minimum atomic E-state index is -0.450. The number of aromatic nitrogens is 5. The first kappa shape index (κ1) is 22.1. The monoisotopic (exact) mass is 477 g/mol. The number of nitrogens with zero attached hydrogens (tertiary/aromatic N) is 6. The summed E-state index contributed by atoms with van der Waals surface area (Å²) in [5, 5.41) is 20.7. The number of benzene rings is 1. The zero-order valence-electron chi connectivity index (χ0n) is 20.3. The highest BCUT2D eigenvalue weighted by Crippen LogP contribution is 2.43. The van der Waals surface area contributed by atoms with Crippen molar-refractivity contribution in [2.45, 2.75) is 70.2 Å². The van der Waals surface area contributed by atoms with E-state index in [1.54, 1.807) is 32.2 Å². The lowest BCUT2D eigenvalue weighted by molar-refractivity contribution is 0.0753. The highest BCUT2D eigenvalue weighted by molar-refractivity contribution is 6.10. The Kier molecular flexibility index (Phi) is 4.76. The number of piperidine rings is 1. The average molecular weight is 478 g/mol. The van der Waals surface area contributed by atoms with Crippen LogP contribution in [0.1, 0.15) is 61.1 Å². The molecule has 3 aliphatic rings. The van der Waals surface area contributed by atoms with Crippen LogP contribution in [0.25, 0.3) is 11.3 Å². The van der Waals surface area contributed by atoms with Gasteiger partial charge in [0, 0.05) is 53.7 Å². The third-order valence-corrected chi connectivity index (χ3v) is 7.52. The van der Waals surface area contributed by atoms with Gasteiger partial charge >= 0.3 is 0 Å². The standard InChI is InChI=1S/C25H28FN7O2/c1-14-22(30-32(4)29-14)15-9-17-18(19(26)10-15)13-33(23(17)34)20-5-6-21(28-27-20)35-16-11-24(2)7-8-25(3,12-16)31-24/h5-6,9-10,16,31H,7-8,11-13H2,1-4H3. The molecule has 3 aromatic rings. The molecule has 0 aliphatic carbocycles. The highest BCUT2D eigenvalue weighted by Gasteiger charge is 2.49. The molecule has 10 heteroatoms. The number of hydrogen-bond acceptors (Lipinski definition) is 7. The molecule has 2 atom stereocenters. The molecule has 6 rings (SSSR count). The normalized spacial score (nSPS) is 27.4. The Morgan fingerprint density at radius 2 is 1.86 bits per heavy atom. The van der Waals surface area contributed by atoms with Crippen molar-refractivity contribution in [3.05, 3.63) is 46.9 Å². The van der Waals surface area contributed by atoms with Gasteiger partial charge in [0.2, 0.25) is 5.88 Å². The Morgan fingerprint density at radius 3 is 2.49 bits per heavy atom. The van der Waals surface area contributed by atoms with E-state index in [2.05, 4.69) is 39.6 Å². The number of fused-ring (bicyclic) bond motifs is 3. The molecule has 0 radical (unpaired) electrons. The zero-order valence-corrected chi connectivity index (χ0v) is 20.3. The van der Waals surface area contributed by atoms with Crippen molar-refractivity contribution in [2.24, 2.45) is 7.05 Å². The van der Waals surface area contributed by atoms with Gasteiger partial charge in [0.25, 0.3) is 5.91 Å². The fraction of sp³-hybridized carbons (Fsp3) is 0.480. The fourth-order valence-electron chi connectivity index (χ4n) is 6.02. The molecule has 1 amide bonds. The first-order valence-electron chi connectivity index (χ1n) is 11.9. The van der Waals surface area contributed by atoms with E-state index in [0.29, 0.717) is 39.8 Å². The Balaban J connectivity index is 1.21. The molecule has 3 aliphatic heterocycles. The third kappa shape index (κ3) is 3.76. The van der Waals surface area contributed by atoms with Crippen molar-refractivity contribution >= 4 is 11.7 Å². The molecule has 2 fully saturated rings. The van der Waals surface area contributed by atoms with Crippen molar-refractivity contribution in [3.63, 3.8) is 0 Å². The quantitative estimate of drug-likeness (QED) is 0.616. The van der Waals surface area contributed by atoms with Gasteiger partial charge < -0.3 is 10.1 Å². The lowest BCUT2D eigenvalue weighted by atomic mass is 9.86. The smallest absolute Gasteiger partial charge is 0.260 e. The molecule has 0 saturated carbocycles. The largest absolute Gasteiger partial charge is 0.473 e. The van der Waals surface area contributed by atoms with Crippen LogP contribution >= 0.6 is 0 Å². The second-order valence-electron chi connectivity index (χ2n) is 10.6. The molecule has 2 saturated heterocycles. The van der Waals surface area contributed by atoms with Crippen molar-refractivity contribution in [1.29, 1.82) is 0 Å². The summed E-state index contributed by atoms with van der Waals surface area (Å²) in [5.41, 5.74) is 2.57. The number of halogens is 1. The van der Waals surface area contributed by atoms with E-state index < -0.39 is 5.82 Å². The maximum atomic E-state index is 15.0. The highest BCUT2D eigenvalue weighted by atomic mass is 19.1. The van der Waals surface area contributed by atoms with Gasteiger partial charge in [0.05, 0.1) is 12.2 Å². The second kappa shape index (κ2) is 7.55. The minimum absolute atomic E-state index is 0.0589. The van der Waals surface area contributed by atoms with Gasteiger partial charge in [-0.15, -0.1) is 10.2 Å². The van der Waals surface area contributed by atoms with Crippen LogP contribution in [0.4, 0.5) is 10.2 Å². The first-order valence-corrected chi connectivity index (χ1v) is 11.9. The maximum absolute atomic E-state index is 15.0. The minimum Gasteiger partial charge on any atom is -0.473 e. The van der Waals surface area contributed by atoms with E-state index >= 15 is 0 Å². The molecule has 2 unspecified atom stereocenters. The maximum Gasteiger partial charge on any atom is 0.260 e. The van der Waals surface area contributed by atoms with Crippen molar-refractivity contribution in [3.8, 4) is 17.1 Å². The van der Waals surface area contributed by atoms with Crippen LogP contribution in [0.3, 0.4) is 0 Å². The number of nitrogens with one attached hydrogen (secondary N) is 1. The number of hydrogen-bond donors (Lipinski definition) is 1. The van der Waals surface area contributed by atoms with Crippen LogP contribution in [0, 0.1) is 12.7 Å². The number of aryl methyl sites for hydroxylation is 2. The molecule has 1 N–H and O–H groups in total. The molecule has 2 bridgehead atoms. The summed E-state index contributed by atoms with van der Waals surface area (Å²) in [6, 6.07) is 6.52. The number of rotatable bonds is 4. The summed E-state index contributed by atoms with van der Waals surface area (Å²) < 4.78 is 21.2. The lowest BCUT2D eigenvalue weighted by Crippen LogP contribution is -2.56. The number of anilines is 1. The molecular formula is C25H28FN7O2. The van der Waals surface area contributed by atoms with E-state index in [0.717, 1.165) is 25.7 Å². The van der Waals surface area contributed by atoms with Gasteiger partial charge in [-0.3, -0.25) is 9.69 Å². The summed E-state index contributed by atoms with van der Waals surface area (Å²) in [6.07, 6.45) is 4.17. The second-order valence-corrected chi connectivity index (χ2v) is 10.6. The summed E-state index contributed by atoms with van der Waals surface area (Å²) in [7, 11) is 1.70. The van der Waals surface area contributed by atoms with Crippen LogP contribution in [-0.2, 0) is 13.6 Å². The van der Waals surface area contributed by atoms with Gasteiger partial charge in [-0.2, -0.15) is 15.0 Å². The van der Waals surface area contributed by atoms with E-state index in [9.17, 15) is 9.18 Å². The predicted octanol–water partition coefficient (Wildman–Crippen LogP) is 3.32. The van der Waals surface area contributed by atoms with E-state index in [1.165, 1.54) is 15.8 Å². The Morgan fingerprint density at radius 1 is 1.11 bits per heavy atom. The van der Waals surface area contributed by atoms with Gasteiger partial charge in [-0.25, -0.2) is 4.39 Å². The molecule has 5 heterocycles. The average Bonchev–Trinajstić information content (AvgIpc) is 3.38. The van der Waals surface area contributed by atoms with Crippen molar-refractivity contribution < 1.29 is 13.9 Å². The Bertz CT molecular complexity index is 1320. The summed E-state index contributed by atoms with van der Waals surface area (Å²) >= 11 is 0. The van der Waals surface area contributed by atoms with Crippen LogP contribution in [0.2, 0.25) is 0 Å². The van der Waals surface area contributed by atoms with E-state index in [1.807, 2.05) is 0 Å². The van der Waals surface area contributed by atoms with Crippen molar-refractivity contribution in [2.75, 3.05) is 4.90 Å². The summed E-state index contributed by atoms with van der Waals surface area (Å²) in [6.45, 7) is 6.39. The molecule has 35 heavy (non-hydrogen) atoms. The fourth-order valence-corrected chi connectivity index (χ4v) is 6.02.